The van der Waals surface area contributed by atoms with Crippen LogP contribution in [0.5, 0.6) is 0 Å². The number of carbonyl (C=O) groups is 1. The van der Waals surface area contributed by atoms with Crippen LogP contribution in [0.3, 0.4) is 0 Å². The first kappa shape index (κ1) is 14.3. The number of halogens is 1. The van der Waals surface area contributed by atoms with Gasteiger partial charge in [0.2, 0.25) is 0 Å². The zero-order chi connectivity index (χ0) is 14.8. The first-order chi connectivity index (χ1) is 9.40. The molecule has 1 aromatic heterocycles. The fraction of sp³-hybridized carbons (Fsp3) is 0.267. The third kappa shape index (κ3) is 3.05. The standard InChI is InChI=1S/C15H16FNO3/c1-10-5-6-12(16)11(8-10)14(18)17-9-15(2,19)13-4-3-7-20-13/h3-8,19H,9H2,1-2H3,(H,17,18). The molecule has 0 aliphatic rings. The molecule has 20 heavy (non-hydrogen) atoms. The average molecular weight is 277 g/mol. The summed E-state index contributed by atoms with van der Waals surface area (Å²) in [5.74, 6) is -0.828. The maximum Gasteiger partial charge on any atom is 0.254 e. The highest BCUT2D eigenvalue weighted by atomic mass is 19.1. The van der Waals surface area contributed by atoms with Crippen LogP contribution in [0.2, 0.25) is 0 Å². The molecule has 0 aliphatic carbocycles. The summed E-state index contributed by atoms with van der Waals surface area (Å²) >= 11 is 0. The lowest BCUT2D eigenvalue weighted by Crippen LogP contribution is -2.38. The van der Waals surface area contributed by atoms with Crippen LogP contribution in [0.25, 0.3) is 0 Å². The van der Waals surface area contributed by atoms with Crippen LogP contribution in [0.15, 0.2) is 41.0 Å². The second-order valence-electron chi connectivity index (χ2n) is 4.92. The molecular formula is C15H16FNO3. The Labute approximate surface area is 116 Å². The Morgan fingerprint density at radius 1 is 1.45 bits per heavy atom. The summed E-state index contributed by atoms with van der Waals surface area (Å²) in [5.41, 5.74) is -0.603. The van der Waals surface area contributed by atoms with Crippen molar-refractivity contribution in [2.45, 2.75) is 19.4 Å². The zero-order valence-corrected chi connectivity index (χ0v) is 11.3. The van der Waals surface area contributed by atoms with Crippen molar-refractivity contribution in [3.8, 4) is 0 Å². The molecule has 1 amide bonds. The van der Waals surface area contributed by atoms with Gasteiger partial charge in [0.25, 0.3) is 5.91 Å². The van der Waals surface area contributed by atoms with Crippen LogP contribution < -0.4 is 5.32 Å². The van der Waals surface area contributed by atoms with Crippen LogP contribution in [-0.2, 0) is 5.60 Å². The van der Waals surface area contributed by atoms with Gasteiger partial charge in [-0.25, -0.2) is 4.39 Å². The number of carbonyl (C=O) groups excluding carboxylic acids is 1. The largest absolute Gasteiger partial charge is 0.466 e. The number of rotatable bonds is 4. The molecule has 0 spiro atoms. The van der Waals surface area contributed by atoms with E-state index in [1.165, 1.54) is 25.3 Å². The van der Waals surface area contributed by atoms with E-state index in [1.54, 1.807) is 25.1 Å². The topological polar surface area (TPSA) is 62.5 Å². The molecule has 1 unspecified atom stereocenters. The zero-order valence-electron chi connectivity index (χ0n) is 11.3. The highest BCUT2D eigenvalue weighted by molar-refractivity contribution is 5.94. The predicted molar refractivity (Wildman–Crippen MR) is 71.7 cm³/mol. The lowest BCUT2D eigenvalue weighted by Gasteiger charge is -2.21. The maximum absolute atomic E-state index is 13.6. The number of hydrogen-bond donors (Lipinski definition) is 2. The lowest BCUT2D eigenvalue weighted by molar-refractivity contribution is 0.0329. The van der Waals surface area contributed by atoms with E-state index in [4.69, 9.17) is 4.42 Å². The Morgan fingerprint density at radius 2 is 2.20 bits per heavy atom. The predicted octanol–water partition coefficient (Wildman–Crippen LogP) is 2.36. The fourth-order valence-electron chi connectivity index (χ4n) is 1.83. The quantitative estimate of drug-likeness (QED) is 0.901. The Morgan fingerprint density at radius 3 is 2.85 bits per heavy atom. The first-order valence-electron chi connectivity index (χ1n) is 6.21. The molecule has 4 nitrogen and oxygen atoms in total. The van der Waals surface area contributed by atoms with Crippen molar-refractivity contribution in [3.05, 3.63) is 59.3 Å². The second-order valence-corrected chi connectivity index (χ2v) is 4.92. The molecule has 1 atom stereocenters. The number of aryl methyl sites for hydroxylation is 1. The smallest absolute Gasteiger partial charge is 0.254 e. The van der Waals surface area contributed by atoms with E-state index in [1.807, 2.05) is 0 Å². The minimum atomic E-state index is -1.35. The van der Waals surface area contributed by atoms with Crippen LogP contribution >= 0.6 is 0 Å². The van der Waals surface area contributed by atoms with Gasteiger partial charge < -0.3 is 14.8 Å². The molecule has 1 aromatic carbocycles. The van der Waals surface area contributed by atoms with Gasteiger partial charge in [-0.15, -0.1) is 0 Å². The van der Waals surface area contributed by atoms with Gasteiger partial charge in [0, 0.05) is 0 Å². The molecule has 106 valence electrons. The molecule has 0 bridgehead atoms. The van der Waals surface area contributed by atoms with Gasteiger partial charge in [0.05, 0.1) is 18.4 Å². The highest BCUT2D eigenvalue weighted by Gasteiger charge is 2.27. The summed E-state index contributed by atoms with van der Waals surface area (Å²) < 4.78 is 18.7. The molecule has 1 heterocycles. The third-order valence-corrected chi connectivity index (χ3v) is 3.01. The molecule has 2 rings (SSSR count). The lowest BCUT2D eigenvalue weighted by atomic mass is 10.0. The van der Waals surface area contributed by atoms with E-state index < -0.39 is 17.3 Å². The summed E-state index contributed by atoms with van der Waals surface area (Å²) in [6.45, 7) is 3.21. The van der Waals surface area contributed by atoms with Gasteiger partial charge in [-0.1, -0.05) is 11.6 Å². The Kier molecular flexibility index (Phi) is 3.90. The van der Waals surface area contributed by atoms with Gasteiger partial charge in [0.1, 0.15) is 17.2 Å². The van der Waals surface area contributed by atoms with Crippen LogP contribution in [0.1, 0.15) is 28.6 Å². The maximum atomic E-state index is 13.6. The third-order valence-electron chi connectivity index (χ3n) is 3.01. The normalized spacial score (nSPS) is 13.8. The van der Waals surface area contributed by atoms with Crippen molar-refractivity contribution < 1.29 is 18.7 Å². The monoisotopic (exact) mass is 277 g/mol. The number of benzene rings is 1. The first-order valence-corrected chi connectivity index (χ1v) is 6.21. The molecule has 2 N–H and O–H groups in total. The van der Waals surface area contributed by atoms with E-state index in [9.17, 15) is 14.3 Å². The van der Waals surface area contributed by atoms with Crippen molar-refractivity contribution in [2.24, 2.45) is 0 Å². The highest BCUT2D eigenvalue weighted by Crippen LogP contribution is 2.20. The van der Waals surface area contributed by atoms with Gasteiger partial charge in [0.15, 0.2) is 0 Å². The molecule has 0 radical (unpaired) electrons. The van der Waals surface area contributed by atoms with E-state index in [0.717, 1.165) is 5.56 Å². The minimum absolute atomic E-state index is 0.0414. The van der Waals surface area contributed by atoms with Crippen molar-refractivity contribution in [1.29, 1.82) is 0 Å². The number of amides is 1. The number of nitrogens with one attached hydrogen (secondary N) is 1. The summed E-state index contributed by atoms with van der Waals surface area (Å²) in [7, 11) is 0. The molecule has 0 saturated carbocycles. The van der Waals surface area contributed by atoms with E-state index in [-0.39, 0.29) is 12.1 Å². The molecule has 2 aromatic rings. The number of aliphatic hydroxyl groups is 1. The molecule has 0 fully saturated rings. The molecule has 5 heteroatoms. The van der Waals surface area contributed by atoms with Crippen LogP contribution in [-0.4, -0.2) is 17.6 Å². The van der Waals surface area contributed by atoms with Gasteiger partial charge in [-0.05, 0) is 38.1 Å². The summed E-state index contributed by atoms with van der Waals surface area (Å²) in [6, 6.07) is 7.55. The fourth-order valence-corrected chi connectivity index (χ4v) is 1.83. The number of furan rings is 1. The van der Waals surface area contributed by atoms with Crippen molar-refractivity contribution in [1.82, 2.24) is 5.32 Å². The summed E-state index contributed by atoms with van der Waals surface area (Å²) in [5, 5.41) is 12.7. The minimum Gasteiger partial charge on any atom is -0.466 e. The van der Waals surface area contributed by atoms with Gasteiger partial charge in [-0.2, -0.15) is 0 Å². The Hall–Kier alpha value is -2.14. The summed E-state index contributed by atoms with van der Waals surface area (Å²) in [6.07, 6.45) is 1.44. The Bertz CT molecular complexity index is 606. The van der Waals surface area contributed by atoms with Crippen molar-refractivity contribution in [3.63, 3.8) is 0 Å². The number of hydrogen-bond acceptors (Lipinski definition) is 3. The van der Waals surface area contributed by atoms with Crippen molar-refractivity contribution >= 4 is 5.91 Å². The van der Waals surface area contributed by atoms with Crippen LogP contribution in [0, 0.1) is 12.7 Å². The molecular weight excluding hydrogens is 261 g/mol. The molecule has 0 saturated heterocycles. The SMILES string of the molecule is Cc1ccc(F)c(C(=O)NCC(C)(O)c2ccco2)c1. The van der Waals surface area contributed by atoms with Crippen LogP contribution in [0.4, 0.5) is 4.39 Å². The second kappa shape index (κ2) is 5.46. The van der Waals surface area contributed by atoms with E-state index in [0.29, 0.717) is 5.76 Å². The van der Waals surface area contributed by atoms with Gasteiger partial charge in [-0.3, -0.25) is 4.79 Å². The molecule has 0 aliphatic heterocycles. The van der Waals surface area contributed by atoms with Crippen molar-refractivity contribution in [2.75, 3.05) is 6.54 Å². The Balaban J connectivity index is 2.07. The van der Waals surface area contributed by atoms with E-state index in [2.05, 4.69) is 5.32 Å². The average Bonchev–Trinajstić information content (AvgIpc) is 2.93. The van der Waals surface area contributed by atoms with E-state index >= 15 is 0 Å². The van der Waals surface area contributed by atoms with Gasteiger partial charge >= 0.3 is 0 Å². The summed E-state index contributed by atoms with van der Waals surface area (Å²) in [4.78, 5) is 11.9.